The van der Waals surface area contributed by atoms with E-state index in [1.54, 1.807) is 7.28 Å². The molecule has 29 heteroatoms. The van der Waals surface area contributed by atoms with Crippen molar-refractivity contribution >= 4 is 434 Å². The molecule has 1 aliphatic heterocycles. The van der Waals surface area contributed by atoms with Crippen LogP contribution in [-0.4, -0.2) is 227 Å². The van der Waals surface area contributed by atoms with Gasteiger partial charge in [-0.3, -0.25) is 0 Å². The van der Waals surface area contributed by atoms with Gasteiger partial charge in [0.1, 0.15) is 220 Å². The molecule has 271 valence electrons. The molecular weight excluding hydrogens is 866 g/mol. The van der Waals surface area contributed by atoms with Gasteiger partial charge < -0.3 is 0 Å². The second-order valence-electron chi connectivity index (χ2n) is 18.6. The zero-order chi connectivity index (χ0) is 55.3. The molecule has 0 spiro atoms. The van der Waals surface area contributed by atoms with Crippen molar-refractivity contribution in [2.24, 2.45) is 0 Å². The number of fused-ring (bicyclic) bond motifs is 7. The standard InChI is InChI=1S/C46B29/c47-17-7(12-27(57)41(71)43(73)42(72)28(12)58)8-11(26(56)38(68)37(67)25(8)55)18(48)9(17)1-3-5(23(53)35(65)33(63)21(3)51)2(6-4(1)22(52)34(64)36(66)24(6)54)10-19(49)16-15-20(50)13-14(30(60)40(70)39(69)29(13)59)32(62)45(15)75-46(16)44(74)31(10)61. The monoisotopic (exact) mass is 871 g/mol. The number of rotatable bonds is 3. The Morgan fingerprint density at radius 1 is 0.120 bits per heavy atom. The zero-order valence-corrected chi connectivity index (χ0v) is 39.7. The van der Waals surface area contributed by atoms with Crippen LogP contribution in [0.25, 0.3) is 87.6 Å². The third-order valence-corrected chi connectivity index (χ3v) is 15.0. The SMILES string of the molecule is [B]c1c([B])c([B])c(-c2c([B])c(-c3c4c([B])c([B])c([B])c([B])c4c(-c4c([B])c([B])c5c(c4[B])-c4c(c([B])c6c([B])c([B])c([B])c([B])c6c4[B])[B]5)c4c([B])c([B])c([B])c([B])c34)c([B])c3c([B])c([B])c([B])c([B])c23)c([B])c1[B]. The third-order valence-electron chi connectivity index (χ3n) is 15.0. The highest BCUT2D eigenvalue weighted by Gasteiger charge is 2.34. The third kappa shape index (κ3) is 6.91. The van der Waals surface area contributed by atoms with E-state index in [4.69, 9.17) is 220 Å². The first kappa shape index (κ1) is 54.3. The summed E-state index contributed by atoms with van der Waals surface area (Å²) in [4.78, 5) is 0. The molecule has 0 N–H and O–H groups in total. The van der Waals surface area contributed by atoms with Crippen LogP contribution in [0.15, 0.2) is 0 Å². The van der Waals surface area contributed by atoms with Crippen molar-refractivity contribution in [2.45, 2.75) is 0 Å². The first-order chi connectivity index (χ1) is 35.0. The molecule has 0 nitrogen and oxygen atoms in total. The Morgan fingerprint density at radius 3 is 0.693 bits per heavy atom. The predicted molar refractivity (Wildman–Crippen MR) is 354 cm³/mol. The number of benzene rings is 9. The molecule has 0 unspecified atom stereocenters. The molecule has 9 aromatic carbocycles. The summed E-state index contributed by atoms with van der Waals surface area (Å²) in [5, 5.41) is 0.316. The molecule has 75 heavy (non-hydrogen) atoms. The second kappa shape index (κ2) is 18.2. The summed E-state index contributed by atoms with van der Waals surface area (Å²) in [6.45, 7) is 0. The summed E-state index contributed by atoms with van der Waals surface area (Å²) in [5.74, 6) is 0. The van der Waals surface area contributed by atoms with E-state index < -0.39 is 0 Å². The lowest BCUT2D eigenvalue weighted by Gasteiger charge is -2.34. The van der Waals surface area contributed by atoms with Crippen LogP contribution in [-0.2, 0) is 0 Å². The average molecular weight is 866 g/mol. The van der Waals surface area contributed by atoms with E-state index in [1.807, 2.05) is 0 Å². The highest BCUT2D eigenvalue weighted by Crippen LogP contribution is 2.40. The molecule has 0 amide bonds. The molecule has 1 aliphatic rings. The molecule has 1 heterocycles. The molecule has 0 aliphatic carbocycles. The fourth-order valence-electron chi connectivity index (χ4n) is 11.0. The molecule has 0 aromatic heterocycles. The average Bonchev–Trinajstić information content (AvgIpc) is 3.80. The Kier molecular flexibility index (Phi) is 13.2. The Morgan fingerprint density at radius 2 is 0.320 bits per heavy atom. The smallest absolute Gasteiger partial charge is 0.112 e. The summed E-state index contributed by atoms with van der Waals surface area (Å²) in [6.07, 6.45) is 0. The second-order valence-corrected chi connectivity index (χ2v) is 18.6. The lowest BCUT2D eigenvalue weighted by atomic mass is 9.54. The Hall–Kier alpha value is -4.10. The van der Waals surface area contributed by atoms with Gasteiger partial charge in [0.2, 0.25) is 0 Å². The quantitative estimate of drug-likeness (QED) is 0.123. The van der Waals surface area contributed by atoms with Crippen molar-refractivity contribution in [3.8, 4) is 44.5 Å². The van der Waals surface area contributed by atoms with Gasteiger partial charge in [0, 0.05) is 0 Å². The minimum absolute atomic E-state index is 0.000578. The van der Waals surface area contributed by atoms with Crippen LogP contribution in [0.1, 0.15) is 0 Å². The largest absolute Gasteiger partial charge is 0.191 e. The maximum absolute atomic E-state index is 7.48. The highest BCUT2D eigenvalue weighted by atomic mass is 14.3. The first-order valence-corrected chi connectivity index (χ1v) is 22.2. The minimum atomic E-state index is -0.245. The summed E-state index contributed by atoms with van der Waals surface area (Å²) in [6, 6.07) is 0. The van der Waals surface area contributed by atoms with Crippen LogP contribution in [0, 0.1) is 0 Å². The van der Waals surface area contributed by atoms with E-state index in [9.17, 15) is 0 Å². The van der Waals surface area contributed by atoms with E-state index in [0.717, 1.165) is 0 Å². The molecule has 0 atom stereocenters. The summed E-state index contributed by atoms with van der Waals surface area (Å²) >= 11 is 0. The molecule has 57 radical (unpaired) electrons. The van der Waals surface area contributed by atoms with Gasteiger partial charge in [0.15, 0.2) is 7.28 Å². The van der Waals surface area contributed by atoms with Crippen LogP contribution in [0.5, 0.6) is 0 Å². The first-order valence-electron chi connectivity index (χ1n) is 22.2. The van der Waals surface area contributed by atoms with Gasteiger partial charge in [-0.2, -0.15) is 0 Å². The van der Waals surface area contributed by atoms with Gasteiger partial charge >= 0.3 is 0 Å². The molecule has 0 saturated carbocycles. The maximum Gasteiger partial charge on any atom is 0.191 e. The van der Waals surface area contributed by atoms with Gasteiger partial charge in [-0.25, -0.2) is 0 Å². The number of hydrogen-bond acceptors (Lipinski definition) is 0. The van der Waals surface area contributed by atoms with Crippen molar-refractivity contribution in [1.82, 2.24) is 0 Å². The molecule has 0 bridgehead atoms. The van der Waals surface area contributed by atoms with Crippen LogP contribution in [0.2, 0.25) is 0 Å². The summed E-state index contributed by atoms with van der Waals surface area (Å²) < 4.78 is 0. The summed E-state index contributed by atoms with van der Waals surface area (Å²) in [5.41, 5.74) is -2.75. The van der Waals surface area contributed by atoms with Crippen molar-refractivity contribution in [1.29, 1.82) is 0 Å². The van der Waals surface area contributed by atoms with Gasteiger partial charge in [-0.05, 0) is 87.6 Å². The van der Waals surface area contributed by atoms with Crippen molar-refractivity contribution in [3.05, 3.63) is 0 Å². The fourth-order valence-corrected chi connectivity index (χ4v) is 11.0. The molecular formula is C46B29. The van der Waals surface area contributed by atoms with E-state index in [-0.39, 0.29) is 241 Å². The van der Waals surface area contributed by atoms with Gasteiger partial charge in [-0.1, -0.05) is 98.3 Å². The lowest BCUT2D eigenvalue weighted by molar-refractivity contribution is 1.82. The fraction of sp³-hybridized carbons (Fsp3) is 0. The lowest BCUT2D eigenvalue weighted by Crippen LogP contribution is -2.56. The van der Waals surface area contributed by atoms with Crippen LogP contribution in [0.4, 0.5) is 0 Å². The van der Waals surface area contributed by atoms with Crippen molar-refractivity contribution < 1.29 is 0 Å². The molecule has 9 aromatic rings. The van der Waals surface area contributed by atoms with Crippen LogP contribution < -0.4 is 164 Å². The Labute approximate surface area is 475 Å². The Bertz CT molecular complexity index is 4180. The number of hydrogen-bond donors (Lipinski definition) is 0. The normalized spacial score (nSPS) is 12.0. The predicted octanol–water partition coefficient (Wildman–Crippen LogP) is -22.8. The maximum atomic E-state index is 7.48. The van der Waals surface area contributed by atoms with Gasteiger partial charge in [-0.15, -0.1) is 65.6 Å². The van der Waals surface area contributed by atoms with Crippen molar-refractivity contribution in [2.75, 3.05) is 0 Å². The van der Waals surface area contributed by atoms with E-state index in [1.165, 1.54) is 0 Å². The molecule has 0 fully saturated rings. The van der Waals surface area contributed by atoms with E-state index >= 15 is 0 Å². The van der Waals surface area contributed by atoms with Crippen LogP contribution in [0.3, 0.4) is 0 Å². The van der Waals surface area contributed by atoms with Gasteiger partial charge in [0.25, 0.3) is 0 Å². The Balaban J connectivity index is 1.51. The van der Waals surface area contributed by atoms with Gasteiger partial charge in [0.05, 0.1) is 0 Å². The minimum Gasteiger partial charge on any atom is -0.112 e. The van der Waals surface area contributed by atoms with Crippen molar-refractivity contribution in [3.63, 3.8) is 0 Å². The van der Waals surface area contributed by atoms with E-state index in [2.05, 4.69) is 0 Å². The van der Waals surface area contributed by atoms with E-state index in [0.29, 0.717) is 10.9 Å². The topological polar surface area (TPSA) is 0 Å². The molecule has 10 rings (SSSR count). The zero-order valence-electron chi connectivity index (χ0n) is 39.7. The highest BCUT2D eigenvalue weighted by molar-refractivity contribution is 6.87. The van der Waals surface area contributed by atoms with Crippen LogP contribution >= 0.6 is 0 Å². The molecule has 0 saturated heterocycles. The summed E-state index contributed by atoms with van der Waals surface area (Å²) in [7, 11) is 193.